The lowest BCUT2D eigenvalue weighted by atomic mass is 10.1. The molecule has 294 valence electrons. The van der Waals surface area contributed by atoms with E-state index < -0.39 is 0 Å². The Balaban J connectivity index is 1.04. The first kappa shape index (κ1) is 35.0. The second-order valence-electron chi connectivity index (χ2n) is 15.6. The highest BCUT2D eigenvalue weighted by atomic mass is 16.3. The van der Waals surface area contributed by atoms with Crippen LogP contribution < -0.4 is 0 Å². The molecule has 0 fully saturated rings. The van der Waals surface area contributed by atoms with E-state index in [-0.39, 0.29) is 0 Å². The van der Waals surface area contributed by atoms with Crippen molar-refractivity contribution in [2.24, 2.45) is 0 Å². The second-order valence-corrected chi connectivity index (χ2v) is 15.6. The Morgan fingerprint density at radius 3 is 1.25 bits per heavy atom. The Bertz CT molecular complexity index is 3850. The lowest BCUT2D eigenvalue weighted by Crippen LogP contribution is -2.07. The van der Waals surface area contributed by atoms with Gasteiger partial charge >= 0.3 is 0 Å². The van der Waals surface area contributed by atoms with Crippen molar-refractivity contribution in [1.29, 1.82) is 0 Å². The van der Waals surface area contributed by atoms with Crippen LogP contribution in [0.4, 0.5) is 0 Å². The monoisotopic (exact) mass is 808 g/mol. The molecular formula is C54H32N8O. The minimum atomic E-state index is 0.509. The number of furan rings is 1. The van der Waals surface area contributed by atoms with Crippen LogP contribution in [0.25, 0.3) is 123 Å². The smallest absolute Gasteiger partial charge is 0.238 e. The summed E-state index contributed by atoms with van der Waals surface area (Å²) in [4.78, 5) is 30.9. The van der Waals surface area contributed by atoms with E-state index in [1.807, 2.05) is 115 Å². The normalized spacial score (nSPS) is 11.8. The number of fused-ring (bicyclic) bond motifs is 9. The van der Waals surface area contributed by atoms with Crippen LogP contribution >= 0.6 is 0 Å². The number of nitrogens with zero attached hydrogens (tertiary/aromatic N) is 8. The lowest BCUT2D eigenvalue weighted by Gasteiger charge is -2.12. The molecule has 0 bridgehead atoms. The molecule has 13 aromatic rings. The van der Waals surface area contributed by atoms with E-state index in [1.165, 1.54) is 0 Å². The van der Waals surface area contributed by atoms with Crippen molar-refractivity contribution in [2.45, 2.75) is 0 Å². The van der Waals surface area contributed by atoms with Gasteiger partial charge < -0.3 is 4.42 Å². The number of rotatable bonds is 6. The molecule has 9 nitrogen and oxygen atoms in total. The van der Waals surface area contributed by atoms with E-state index in [1.54, 1.807) is 0 Å². The number of hydrogen-bond acceptors (Lipinski definition) is 7. The minimum absolute atomic E-state index is 0.509. The van der Waals surface area contributed by atoms with E-state index >= 15 is 0 Å². The number of aromatic nitrogens is 8. The van der Waals surface area contributed by atoms with Gasteiger partial charge in [0.1, 0.15) is 11.2 Å². The summed E-state index contributed by atoms with van der Waals surface area (Å²) in [6.07, 6.45) is 0. The third-order valence-electron chi connectivity index (χ3n) is 11.8. The Kier molecular flexibility index (Phi) is 7.70. The predicted molar refractivity (Wildman–Crippen MR) is 251 cm³/mol. The molecule has 0 atom stereocenters. The molecule has 0 aliphatic carbocycles. The average molecular weight is 809 g/mol. The SMILES string of the molecule is c1ccc(-c2nc(-c3ccccc3)nc(-n3c4ccccc4c4cc(-c5nc(-c6ccccc6)nc(-n6c7ccccc7c7cc8c(cc76)oc6ccccc68)n5)ccc43)n2)cc1. The van der Waals surface area contributed by atoms with Crippen molar-refractivity contribution in [3.05, 3.63) is 194 Å². The molecule has 0 spiro atoms. The van der Waals surface area contributed by atoms with Gasteiger partial charge in [0.05, 0.1) is 22.1 Å². The molecule has 9 heteroatoms. The molecule has 13 rings (SSSR count). The van der Waals surface area contributed by atoms with Crippen LogP contribution in [0, 0.1) is 0 Å². The van der Waals surface area contributed by atoms with Gasteiger partial charge in [-0.1, -0.05) is 146 Å². The second kappa shape index (κ2) is 13.9. The fourth-order valence-electron chi connectivity index (χ4n) is 8.94. The van der Waals surface area contributed by atoms with Crippen LogP contribution in [0.15, 0.2) is 199 Å². The van der Waals surface area contributed by atoms with Gasteiger partial charge in [-0.2, -0.15) is 19.9 Å². The Labute approximate surface area is 359 Å². The van der Waals surface area contributed by atoms with Crippen LogP contribution in [-0.2, 0) is 0 Å². The molecule has 63 heavy (non-hydrogen) atoms. The van der Waals surface area contributed by atoms with Gasteiger partial charge in [0.15, 0.2) is 23.3 Å². The van der Waals surface area contributed by atoms with E-state index in [4.69, 9.17) is 34.3 Å². The maximum Gasteiger partial charge on any atom is 0.238 e. The summed E-state index contributed by atoms with van der Waals surface area (Å²) in [5.41, 5.74) is 9.05. The Hall–Kier alpha value is -8.82. The van der Waals surface area contributed by atoms with E-state index in [0.717, 1.165) is 87.8 Å². The lowest BCUT2D eigenvalue weighted by molar-refractivity contribution is 0.669. The third-order valence-corrected chi connectivity index (χ3v) is 11.8. The zero-order chi connectivity index (χ0) is 41.4. The Morgan fingerprint density at radius 1 is 0.270 bits per heavy atom. The summed E-state index contributed by atoms with van der Waals surface area (Å²) in [5, 5.41) is 6.40. The molecule has 5 aromatic heterocycles. The molecule has 5 heterocycles. The van der Waals surface area contributed by atoms with Crippen LogP contribution in [-0.4, -0.2) is 39.0 Å². The number of benzene rings is 8. The minimum Gasteiger partial charge on any atom is -0.456 e. The van der Waals surface area contributed by atoms with Gasteiger partial charge in [-0.15, -0.1) is 0 Å². The molecule has 8 aromatic carbocycles. The topological polar surface area (TPSA) is 100 Å². The zero-order valence-electron chi connectivity index (χ0n) is 33.5. The molecule has 0 aliphatic rings. The van der Waals surface area contributed by atoms with Crippen LogP contribution in [0.3, 0.4) is 0 Å². The number of para-hydroxylation sites is 3. The van der Waals surface area contributed by atoms with Gasteiger partial charge in [-0.25, -0.2) is 9.97 Å². The van der Waals surface area contributed by atoms with Gasteiger partial charge in [-0.3, -0.25) is 9.13 Å². The van der Waals surface area contributed by atoms with Gasteiger partial charge in [0, 0.05) is 60.6 Å². The fourth-order valence-corrected chi connectivity index (χ4v) is 8.94. The zero-order valence-corrected chi connectivity index (χ0v) is 33.5. The highest BCUT2D eigenvalue weighted by molar-refractivity contribution is 6.17. The van der Waals surface area contributed by atoms with Gasteiger partial charge in [0.25, 0.3) is 0 Å². The van der Waals surface area contributed by atoms with Gasteiger partial charge in [0.2, 0.25) is 11.9 Å². The molecule has 0 unspecified atom stereocenters. The third kappa shape index (κ3) is 5.64. The number of hydrogen-bond donors (Lipinski definition) is 0. The van der Waals surface area contributed by atoms with Crippen molar-refractivity contribution in [3.63, 3.8) is 0 Å². The predicted octanol–water partition coefficient (Wildman–Crippen LogP) is 12.8. The molecular weight excluding hydrogens is 777 g/mol. The molecule has 0 N–H and O–H groups in total. The highest BCUT2D eigenvalue weighted by Crippen LogP contribution is 2.39. The molecule has 0 amide bonds. The maximum absolute atomic E-state index is 6.42. The molecule has 0 saturated heterocycles. The molecule has 0 aliphatic heterocycles. The standard InChI is InChI=1S/C54H32N8O/c1-4-16-33(17-5-1)49-55-50(34-18-6-2-7-19-34)58-53(57-49)61-43-25-13-10-22-37(43)40-30-36(28-29-45(40)61)52-56-51(35-20-8-3-9-21-35)59-54(60-52)62-44-26-14-11-23-38(44)41-31-42-39-24-12-15-27-47(39)63-48(42)32-46(41)62/h1-32H. The van der Waals surface area contributed by atoms with Crippen LogP contribution in [0.2, 0.25) is 0 Å². The summed E-state index contributed by atoms with van der Waals surface area (Å²) >= 11 is 0. The largest absolute Gasteiger partial charge is 0.456 e. The summed E-state index contributed by atoms with van der Waals surface area (Å²) < 4.78 is 10.7. The van der Waals surface area contributed by atoms with E-state index in [9.17, 15) is 0 Å². The molecule has 0 saturated carbocycles. The summed E-state index contributed by atoms with van der Waals surface area (Å²) in [6.45, 7) is 0. The van der Waals surface area contributed by atoms with E-state index in [0.29, 0.717) is 35.2 Å². The maximum atomic E-state index is 6.42. The first-order chi connectivity index (χ1) is 31.2. The summed E-state index contributed by atoms with van der Waals surface area (Å²) in [6, 6.07) is 65.8. The van der Waals surface area contributed by atoms with E-state index in [2.05, 4.69) is 88.0 Å². The first-order valence-electron chi connectivity index (χ1n) is 20.8. The van der Waals surface area contributed by atoms with Crippen molar-refractivity contribution >= 4 is 65.6 Å². The summed E-state index contributed by atoms with van der Waals surface area (Å²) in [7, 11) is 0. The highest BCUT2D eigenvalue weighted by Gasteiger charge is 2.22. The fraction of sp³-hybridized carbons (Fsp3) is 0. The van der Waals surface area contributed by atoms with Crippen molar-refractivity contribution in [3.8, 4) is 57.4 Å². The average Bonchev–Trinajstić information content (AvgIpc) is 4.00. The summed E-state index contributed by atoms with van der Waals surface area (Å²) in [5.74, 6) is 3.35. The van der Waals surface area contributed by atoms with Crippen molar-refractivity contribution in [2.75, 3.05) is 0 Å². The first-order valence-corrected chi connectivity index (χ1v) is 20.8. The van der Waals surface area contributed by atoms with Gasteiger partial charge in [-0.05, 0) is 42.5 Å². The van der Waals surface area contributed by atoms with Crippen molar-refractivity contribution < 1.29 is 4.42 Å². The van der Waals surface area contributed by atoms with Crippen molar-refractivity contribution in [1.82, 2.24) is 39.0 Å². The van der Waals surface area contributed by atoms with Crippen LogP contribution in [0.5, 0.6) is 0 Å². The quantitative estimate of drug-likeness (QED) is 0.165. The Morgan fingerprint density at radius 2 is 0.698 bits per heavy atom. The van der Waals surface area contributed by atoms with Crippen LogP contribution in [0.1, 0.15) is 0 Å². The molecule has 0 radical (unpaired) electrons.